The number of thioether (sulfide) groups is 1. The summed E-state index contributed by atoms with van der Waals surface area (Å²) in [7, 11) is 1.76. The second-order valence-electron chi connectivity index (χ2n) is 3.72. The molecule has 0 saturated heterocycles. The second kappa shape index (κ2) is 5.70. The fourth-order valence-electron chi connectivity index (χ4n) is 1.50. The number of nitrogens with two attached hydrogens (primary N) is 1. The Labute approximate surface area is 113 Å². The maximum Gasteiger partial charge on any atom is 0.186 e. The number of nitrogens with zero attached hydrogens (tertiary/aromatic N) is 4. The molecule has 1 aromatic carbocycles. The minimum Gasteiger partial charge on any atom is -0.409 e. The predicted molar refractivity (Wildman–Crippen MR) is 69.5 cm³/mol. The van der Waals surface area contributed by atoms with E-state index in [2.05, 4.69) is 15.2 Å². The van der Waals surface area contributed by atoms with Crippen molar-refractivity contribution >= 4 is 17.6 Å². The lowest BCUT2D eigenvalue weighted by Crippen LogP contribution is -2.15. The zero-order chi connectivity index (χ0) is 13.8. The summed E-state index contributed by atoms with van der Waals surface area (Å²) in [5, 5.41) is 16.0. The number of rotatable bonds is 4. The van der Waals surface area contributed by atoms with Gasteiger partial charge in [-0.3, -0.25) is 0 Å². The first-order valence-corrected chi connectivity index (χ1v) is 6.34. The van der Waals surface area contributed by atoms with Crippen molar-refractivity contribution in [3.63, 3.8) is 0 Å². The predicted octanol–water partition coefficient (Wildman–Crippen LogP) is 1.34. The standard InChI is InChI=1S/C11H12FN5OS/c1-17-11(14-6-15-17)19-5-7-3-2-4-8(9(7)12)10(13)16-18/h2-4,6,18H,5H2,1H3,(H2,13,16). The Morgan fingerprint density at radius 2 is 2.37 bits per heavy atom. The van der Waals surface area contributed by atoms with E-state index in [-0.39, 0.29) is 11.4 Å². The van der Waals surface area contributed by atoms with Crippen molar-refractivity contribution in [2.45, 2.75) is 10.9 Å². The van der Waals surface area contributed by atoms with Gasteiger partial charge in [-0.05, 0) is 11.6 Å². The van der Waals surface area contributed by atoms with Crippen LogP contribution >= 0.6 is 11.8 Å². The molecule has 0 aliphatic heterocycles. The summed E-state index contributed by atoms with van der Waals surface area (Å²) in [5.41, 5.74) is 5.94. The van der Waals surface area contributed by atoms with Crippen LogP contribution in [0.15, 0.2) is 34.8 Å². The van der Waals surface area contributed by atoms with Gasteiger partial charge in [-0.1, -0.05) is 29.1 Å². The smallest absolute Gasteiger partial charge is 0.186 e. The number of aryl methyl sites for hydroxylation is 1. The Kier molecular flexibility index (Phi) is 4.00. The molecule has 0 unspecified atom stereocenters. The number of amidine groups is 1. The van der Waals surface area contributed by atoms with Gasteiger partial charge in [0.15, 0.2) is 11.0 Å². The van der Waals surface area contributed by atoms with Gasteiger partial charge in [0.1, 0.15) is 12.1 Å². The summed E-state index contributed by atoms with van der Waals surface area (Å²) in [6, 6.07) is 4.76. The summed E-state index contributed by atoms with van der Waals surface area (Å²) in [5.74, 6) is -0.360. The third kappa shape index (κ3) is 2.84. The van der Waals surface area contributed by atoms with Crippen LogP contribution in [0.4, 0.5) is 4.39 Å². The van der Waals surface area contributed by atoms with Crippen molar-refractivity contribution in [1.82, 2.24) is 14.8 Å². The number of hydrogen-bond donors (Lipinski definition) is 2. The minimum atomic E-state index is -0.493. The van der Waals surface area contributed by atoms with Gasteiger partial charge >= 0.3 is 0 Å². The van der Waals surface area contributed by atoms with E-state index in [1.807, 2.05) is 0 Å². The Balaban J connectivity index is 2.20. The summed E-state index contributed by atoms with van der Waals surface area (Å²) in [6.45, 7) is 0. The number of benzene rings is 1. The van der Waals surface area contributed by atoms with Gasteiger partial charge in [0.05, 0.1) is 5.56 Å². The van der Waals surface area contributed by atoms with Crippen molar-refractivity contribution in [2.75, 3.05) is 0 Å². The van der Waals surface area contributed by atoms with Gasteiger partial charge in [-0.15, -0.1) is 0 Å². The Morgan fingerprint density at radius 3 is 3.00 bits per heavy atom. The molecule has 6 nitrogen and oxygen atoms in total. The molecule has 0 aliphatic rings. The number of oxime groups is 1. The van der Waals surface area contributed by atoms with Crippen molar-refractivity contribution in [1.29, 1.82) is 0 Å². The minimum absolute atomic E-state index is 0.0820. The van der Waals surface area contributed by atoms with E-state index < -0.39 is 5.82 Å². The Morgan fingerprint density at radius 1 is 1.58 bits per heavy atom. The topological polar surface area (TPSA) is 89.3 Å². The third-order valence-corrected chi connectivity index (χ3v) is 3.57. The van der Waals surface area contributed by atoms with E-state index in [1.165, 1.54) is 24.2 Å². The average molecular weight is 281 g/mol. The highest BCUT2D eigenvalue weighted by atomic mass is 32.2. The van der Waals surface area contributed by atoms with Crippen LogP contribution < -0.4 is 5.73 Å². The van der Waals surface area contributed by atoms with Crippen molar-refractivity contribution in [3.05, 3.63) is 41.5 Å². The molecule has 2 rings (SSSR count). The molecule has 0 bridgehead atoms. The largest absolute Gasteiger partial charge is 0.409 e. The quantitative estimate of drug-likeness (QED) is 0.290. The van der Waals surface area contributed by atoms with E-state index in [0.717, 1.165) is 0 Å². The average Bonchev–Trinajstić information content (AvgIpc) is 2.82. The number of halogens is 1. The molecule has 1 aromatic heterocycles. The van der Waals surface area contributed by atoms with E-state index >= 15 is 0 Å². The van der Waals surface area contributed by atoms with Gasteiger partial charge in [0.2, 0.25) is 0 Å². The molecule has 0 amide bonds. The third-order valence-electron chi connectivity index (χ3n) is 2.49. The van der Waals surface area contributed by atoms with E-state index in [9.17, 15) is 4.39 Å². The van der Waals surface area contributed by atoms with Crippen LogP contribution in [0.5, 0.6) is 0 Å². The molecule has 1 heterocycles. The molecular weight excluding hydrogens is 269 g/mol. The van der Waals surface area contributed by atoms with Gasteiger partial charge < -0.3 is 10.9 Å². The summed E-state index contributed by atoms with van der Waals surface area (Å²) >= 11 is 1.36. The van der Waals surface area contributed by atoms with Gasteiger partial charge in [0, 0.05) is 12.8 Å². The Bertz CT molecular complexity index is 613. The monoisotopic (exact) mass is 281 g/mol. The molecule has 3 N–H and O–H groups in total. The maximum atomic E-state index is 14.1. The van der Waals surface area contributed by atoms with Crippen LogP contribution in [0, 0.1) is 5.82 Å². The molecular formula is C11H12FN5OS. The van der Waals surface area contributed by atoms with E-state index in [4.69, 9.17) is 10.9 Å². The lowest BCUT2D eigenvalue weighted by molar-refractivity contribution is 0.318. The highest BCUT2D eigenvalue weighted by molar-refractivity contribution is 7.98. The molecule has 2 aromatic rings. The number of aromatic nitrogens is 3. The summed E-state index contributed by atoms with van der Waals surface area (Å²) in [4.78, 5) is 4.04. The molecule has 0 fully saturated rings. The first kappa shape index (κ1) is 13.3. The lowest BCUT2D eigenvalue weighted by atomic mass is 10.1. The van der Waals surface area contributed by atoms with Gasteiger partial charge in [0.25, 0.3) is 0 Å². The molecule has 19 heavy (non-hydrogen) atoms. The summed E-state index contributed by atoms with van der Waals surface area (Å²) in [6.07, 6.45) is 1.44. The van der Waals surface area contributed by atoms with Crippen LogP contribution in [-0.4, -0.2) is 25.8 Å². The van der Waals surface area contributed by atoms with Crippen LogP contribution in [0.2, 0.25) is 0 Å². The molecule has 0 atom stereocenters. The van der Waals surface area contributed by atoms with Crippen LogP contribution in [0.3, 0.4) is 0 Å². The SMILES string of the molecule is Cn1ncnc1SCc1cccc(/C(N)=N/O)c1F. The first-order chi connectivity index (χ1) is 9.13. The normalized spacial score (nSPS) is 11.8. The van der Waals surface area contributed by atoms with E-state index in [1.54, 1.807) is 23.9 Å². The van der Waals surface area contributed by atoms with Gasteiger partial charge in [-0.2, -0.15) is 5.10 Å². The fraction of sp³-hybridized carbons (Fsp3) is 0.182. The van der Waals surface area contributed by atoms with Crippen molar-refractivity contribution in [3.8, 4) is 0 Å². The van der Waals surface area contributed by atoms with Crippen LogP contribution in [0.1, 0.15) is 11.1 Å². The summed E-state index contributed by atoms with van der Waals surface area (Å²) < 4.78 is 15.7. The maximum absolute atomic E-state index is 14.1. The molecule has 0 spiro atoms. The highest BCUT2D eigenvalue weighted by Gasteiger charge is 2.12. The van der Waals surface area contributed by atoms with Crippen LogP contribution in [0.25, 0.3) is 0 Å². The molecule has 0 radical (unpaired) electrons. The lowest BCUT2D eigenvalue weighted by Gasteiger charge is -2.06. The second-order valence-corrected chi connectivity index (χ2v) is 4.66. The zero-order valence-electron chi connectivity index (χ0n) is 10.1. The molecule has 100 valence electrons. The highest BCUT2D eigenvalue weighted by Crippen LogP contribution is 2.23. The molecule has 8 heteroatoms. The van der Waals surface area contributed by atoms with E-state index in [0.29, 0.717) is 16.5 Å². The Hall–Kier alpha value is -2.09. The molecule has 0 saturated carbocycles. The van der Waals surface area contributed by atoms with Crippen molar-refractivity contribution < 1.29 is 9.60 Å². The molecule has 0 aliphatic carbocycles. The zero-order valence-corrected chi connectivity index (χ0v) is 10.9. The first-order valence-electron chi connectivity index (χ1n) is 5.35. The van der Waals surface area contributed by atoms with Gasteiger partial charge in [-0.25, -0.2) is 14.1 Å². The van der Waals surface area contributed by atoms with Crippen LogP contribution in [-0.2, 0) is 12.8 Å². The van der Waals surface area contributed by atoms with Crippen molar-refractivity contribution in [2.24, 2.45) is 17.9 Å². The number of hydrogen-bond acceptors (Lipinski definition) is 5. The fourth-order valence-corrected chi connectivity index (χ4v) is 2.36.